The molecule has 0 aliphatic rings. The number of alkyl halides is 2. The number of ether oxygens (including phenoxy) is 2. The van der Waals surface area contributed by atoms with Gasteiger partial charge in [-0.15, -0.1) is 0 Å². The summed E-state index contributed by atoms with van der Waals surface area (Å²) < 4.78 is 36.8. The Kier molecular flexibility index (Phi) is 7.31. The molecule has 0 N–H and O–H groups in total. The van der Waals surface area contributed by atoms with E-state index in [1.807, 2.05) is 13.0 Å². The van der Waals surface area contributed by atoms with Crippen LogP contribution in [0.25, 0.3) is 10.9 Å². The van der Waals surface area contributed by atoms with E-state index in [2.05, 4.69) is 5.10 Å². The van der Waals surface area contributed by atoms with Crippen molar-refractivity contribution in [3.05, 3.63) is 23.4 Å². The first-order chi connectivity index (χ1) is 13.3. The number of carbonyl (C=O) groups is 2. The number of benzene rings is 1. The average Bonchev–Trinajstić information content (AvgIpc) is 2.89. The Morgan fingerprint density at radius 1 is 1.11 bits per heavy atom. The molecule has 0 radical (unpaired) electrons. The quantitative estimate of drug-likeness (QED) is 0.606. The largest absolute Gasteiger partial charge is 0.465 e. The first kappa shape index (κ1) is 21.6. The number of halogens is 2. The molecule has 0 saturated heterocycles. The van der Waals surface area contributed by atoms with Crippen LogP contribution in [0, 0.1) is 13.8 Å². The fraction of sp³-hybridized carbons (Fsp3) is 0.526. The monoisotopic (exact) mass is 397 g/mol. The molecule has 0 fully saturated rings. The minimum absolute atomic E-state index is 0.143. The van der Waals surface area contributed by atoms with E-state index in [9.17, 15) is 18.4 Å². The number of fused-ring (bicyclic) bond motifs is 1. The maximum absolute atomic E-state index is 12.8. The normalized spacial score (nSPS) is 11.1. The van der Waals surface area contributed by atoms with E-state index in [4.69, 9.17) is 9.47 Å². The van der Waals surface area contributed by atoms with Crippen molar-refractivity contribution in [1.82, 2.24) is 9.78 Å². The smallest absolute Gasteiger partial charge is 0.325 e. The van der Waals surface area contributed by atoms with Crippen LogP contribution in [0.5, 0.6) is 0 Å². The number of anilines is 1. The number of esters is 2. The van der Waals surface area contributed by atoms with Gasteiger partial charge in [0.15, 0.2) is 0 Å². The lowest BCUT2D eigenvalue weighted by atomic mass is 10.1. The molecular weight excluding hydrogens is 372 g/mol. The van der Waals surface area contributed by atoms with Gasteiger partial charge in [0.2, 0.25) is 0 Å². The molecular formula is C19H25F2N3O4. The zero-order valence-electron chi connectivity index (χ0n) is 16.5. The van der Waals surface area contributed by atoms with Crippen LogP contribution in [0.2, 0.25) is 0 Å². The Morgan fingerprint density at radius 2 is 1.68 bits per heavy atom. The SMILES string of the molecule is CCOC(=O)CN(CC(=O)OCC)c1cc2nn(CC(F)F)c(C)c2cc1C. The van der Waals surface area contributed by atoms with Gasteiger partial charge in [0.05, 0.1) is 18.7 Å². The van der Waals surface area contributed by atoms with Crippen molar-refractivity contribution in [2.24, 2.45) is 0 Å². The summed E-state index contributed by atoms with van der Waals surface area (Å²) in [4.78, 5) is 25.6. The molecule has 154 valence electrons. The van der Waals surface area contributed by atoms with Crippen LogP contribution < -0.4 is 4.90 Å². The van der Waals surface area contributed by atoms with E-state index in [1.54, 1.807) is 31.7 Å². The number of aromatic nitrogens is 2. The Labute approximate surface area is 162 Å². The van der Waals surface area contributed by atoms with Crippen LogP contribution in [-0.2, 0) is 25.6 Å². The van der Waals surface area contributed by atoms with Crippen molar-refractivity contribution in [3.63, 3.8) is 0 Å². The first-order valence-electron chi connectivity index (χ1n) is 9.08. The predicted molar refractivity (Wildman–Crippen MR) is 101 cm³/mol. The summed E-state index contributed by atoms with van der Waals surface area (Å²) in [5, 5.41) is 4.99. The van der Waals surface area contributed by atoms with Crippen LogP contribution in [0.3, 0.4) is 0 Å². The van der Waals surface area contributed by atoms with E-state index in [1.165, 1.54) is 4.68 Å². The summed E-state index contributed by atoms with van der Waals surface area (Å²) in [7, 11) is 0. The summed E-state index contributed by atoms with van der Waals surface area (Å²) in [5.41, 5.74) is 2.51. The Morgan fingerprint density at radius 3 is 2.18 bits per heavy atom. The molecule has 0 saturated carbocycles. The second-order valence-electron chi connectivity index (χ2n) is 6.28. The maximum atomic E-state index is 12.8. The van der Waals surface area contributed by atoms with Crippen molar-refractivity contribution < 1.29 is 27.8 Å². The fourth-order valence-corrected chi connectivity index (χ4v) is 3.00. The Hall–Kier alpha value is -2.71. The second-order valence-corrected chi connectivity index (χ2v) is 6.28. The van der Waals surface area contributed by atoms with Crippen molar-refractivity contribution in [3.8, 4) is 0 Å². The van der Waals surface area contributed by atoms with Gasteiger partial charge >= 0.3 is 11.9 Å². The summed E-state index contributed by atoms with van der Waals surface area (Å²) >= 11 is 0. The molecule has 0 aliphatic heterocycles. The van der Waals surface area contributed by atoms with Crippen LogP contribution in [0.15, 0.2) is 12.1 Å². The summed E-state index contributed by atoms with van der Waals surface area (Å²) in [6, 6.07) is 3.51. The summed E-state index contributed by atoms with van der Waals surface area (Å²) in [5.74, 6) is -0.962. The molecule has 0 atom stereocenters. The van der Waals surface area contributed by atoms with Crippen molar-refractivity contribution >= 4 is 28.5 Å². The molecule has 1 heterocycles. The number of carbonyl (C=O) groups excluding carboxylic acids is 2. The zero-order chi connectivity index (χ0) is 20.8. The number of aryl methyl sites for hydroxylation is 2. The lowest BCUT2D eigenvalue weighted by molar-refractivity contribution is -0.142. The van der Waals surface area contributed by atoms with Gasteiger partial charge in [0, 0.05) is 16.8 Å². The molecule has 2 rings (SSSR count). The Bertz CT molecular complexity index is 831. The van der Waals surface area contributed by atoms with Crippen molar-refractivity contribution in [1.29, 1.82) is 0 Å². The van der Waals surface area contributed by atoms with E-state index in [0.29, 0.717) is 16.9 Å². The highest BCUT2D eigenvalue weighted by atomic mass is 19.3. The molecule has 7 nitrogen and oxygen atoms in total. The van der Waals surface area contributed by atoms with E-state index in [-0.39, 0.29) is 26.3 Å². The third kappa shape index (κ3) is 5.17. The van der Waals surface area contributed by atoms with Crippen molar-refractivity contribution in [2.45, 2.75) is 40.7 Å². The van der Waals surface area contributed by atoms with Gasteiger partial charge in [0.1, 0.15) is 19.6 Å². The van der Waals surface area contributed by atoms with Gasteiger partial charge in [-0.3, -0.25) is 14.3 Å². The lowest BCUT2D eigenvalue weighted by Crippen LogP contribution is -2.36. The van der Waals surface area contributed by atoms with Crippen molar-refractivity contribution in [2.75, 3.05) is 31.2 Å². The van der Waals surface area contributed by atoms with Crippen LogP contribution in [0.4, 0.5) is 14.5 Å². The minimum Gasteiger partial charge on any atom is -0.465 e. The van der Waals surface area contributed by atoms with Gasteiger partial charge in [-0.2, -0.15) is 5.10 Å². The second kappa shape index (κ2) is 9.48. The highest BCUT2D eigenvalue weighted by Crippen LogP contribution is 2.28. The van der Waals surface area contributed by atoms with E-state index >= 15 is 0 Å². The van der Waals surface area contributed by atoms with Gasteiger partial charge < -0.3 is 14.4 Å². The Balaban J connectivity index is 2.43. The molecule has 1 aromatic carbocycles. The highest BCUT2D eigenvalue weighted by molar-refractivity contribution is 5.89. The van der Waals surface area contributed by atoms with Gasteiger partial charge in [-0.25, -0.2) is 8.78 Å². The molecule has 0 amide bonds. The number of hydrogen-bond donors (Lipinski definition) is 0. The highest BCUT2D eigenvalue weighted by Gasteiger charge is 2.21. The molecule has 9 heteroatoms. The lowest BCUT2D eigenvalue weighted by Gasteiger charge is -2.24. The molecule has 0 spiro atoms. The van der Waals surface area contributed by atoms with Crippen LogP contribution >= 0.6 is 0 Å². The van der Waals surface area contributed by atoms with Gasteiger partial charge in [0.25, 0.3) is 6.43 Å². The predicted octanol–water partition coefficient (Wildman–Crippen LogP) is 2.85. The zero-order valence-corrected chi connectivity index (χ0v) is 16.5. The van der Waals surface area contributed by atoms with Crippen LogP contribution in [-0.4, -0.2) is 54.4 Å². The van der Waals surface area contributed by atoms with E-state index in [0.717, 1.165) is 10.9 Å². The maximum Gasteiger partial charge on any atom is 0.325 e. The number of rotatable bonds is 9. The molecule has 28 heavy (non-hydrogen) atoms. The van der Waals surface area contributed by atoms with Gasteiger partial charge in [-0.1, -0.05) is 0 Å². The molecule has 2 aromatic rings. The fourth-order valence-electron chi connectivity index (χ4n) is 3.00. The van der Waals surface area contributed by atoms with Gasteiger partial charge in [-0.05, 0) is 45.4 Å². The summed E-state index contributed by atoms with van der Waals surface area (Å²) in [6.45, 7) is 6.61. The molecule has 0 aliphatic carbocycles. The number of hydrogen-bond acceptors (Lipinski definition) is 6. The number of nitrogens with zero attached hydrogens (tertiary/aromatic N) is 3. The third-order valence-corrected chi connectivity index (χ3v) is 4.22. The topological polar surface area (TPSA) is 73.7 Å². The molecule has 1 aromatic heterocycles. The van der Waals surface area contributed by atoms with E-state index < -0.39 is 24.9 Å². The minimum atomic E-state index is -2.52. The summed E-state index contributed by atoms with van der Waals surface area (Å²) in [6.07, 6.45) is -2.52. The van der Waals surface area contributed by atoms with Crippen LogP contribution in [0.1, 0.15) is 25.1 Å². The molecule has 0 bridgehead atoms. The first-order valence-corrected chi connectivity index (χ1v) is 9.08. The third-order valence-electron chi connectivity index (χ3n) is 4.22. The standard InChI is InChI=1S/C19H25F2N3O4/c1-5-27-18(25)10-23(11-19(26)28-6-2)16-8-15-14(7-12(16)3)13(4)24(22-15)9-17(20)21/h7-8,17H,5-6,9-11H2,1-4H3. The average molecular weight is 397 g/mol. The molecule has 0 unspecified atom stereocenters.